The van der Waals surface area contributed by atoms with Gasteiger partial charge in [-0.05, 0) is 0 Å². The minimum absolute atomic E-state index is 0.00951. The van der Waals surface area contributed by atoms with Crippen molar-refractivity contribution >= 4 is 53.8 Å². The molecule has 1 atom stereocenters. The fourth-order valence-electron chi connectivity index (χ4n) is 2.26. The Morgan fingerprint density at radius 2 is 2.00 bits per heavy atom. The minimum Gasteiger partial charge on any atom is -0.478 e. The number of carbonyl (C=O) groups excluding carboxylic acids is 2. The molecule has 1 aromatic carbocycles. The fourth-order valence-corrected chi connectivity index (χ4v) is 4.85. The third-order valence-electron chi connectivity index (χ3n) is 3.59. The Hall–Kier alpha value is -2.20. The van der Waals surface area contributed by atoms with Crippen molar-refractivity contribution in [3.05, 3.63) is 30.0 Å². The number of carboxylic acids is 1. The van der Waals surface area contributed by atoms with Crippen LogP contribution in [-0.2, 0) is 18.1 Å². The fraction of sp³-hybridized carbons (Fsp3) is 0.267. The maximum absolute atomic E-state index is 11.0. The van der Waals surface area contributed by atoms with Crippen molar-refractivity contribution in [1.82, 2.24) is 4.90 Å². The molecule has 2 aliphatic heterocycles. The first-order valence-electron chi connectivity index (χ1n) is 7.53. The summed E-state index contributed by atoms with van der Waals surface area (Å²) < 4.78 is 28.4. The number of thioether (sulfide) groups is 1. The van der Waals surface area contributed by atoms with E-state index in [1.54, 1.807) is 0 Å². The molecule has 1 aromatic rings. The molecule has 0 unspecified atom stereocenters. The second kappa shape index (κ2) is 8.22. The zero-order valence-electron chi connectivity index (χ0n) is 14.0. The molecule has 0 radical (unpaired) electrons. The van der Waals surface area contributed by atoms with Crippen LogP contribution in [0.3, 0.4) is 0 Å². The van der Waals surface area contributed by atoms with Gasteiger partial charge in [-0.25, -0.2) is 4.79 Å². The van der Waals surface area contributed by atoms with Crippen molar-refractivity contribution in [3.63, 3.8) is 0 Å². The molecule has 12 heteroatoms. The second-order valence-corrected chi connectivity index (χ2v) is 10.1. The van der Waals surface area contributed by atoms with Crippen LogP contribution in [0, 0.1) is 0 Å². The van der Waals surface area contributed by atoms with Gasteiger partial charge in [-0.2, -0.15) is 0 Å². The van der Waals surface area contributed by atoms with E-state index in [-0.39, 0.29) is 17.0 Å². The summed E-state index contributed by atoms with van der Waals surface area (Å²) in [6.45, 7) is 1.23. The Kier molecular flexibility index (Phi) is 6.42. The molecular weight excluding hydrogens is 443 g/mol. The molecule has 2 amide bonds. The zero-order chi connectivity index (χ0) is 20.4. The van der Waals surface area contributed by atoms with Gasteiger partial charge in [0.1, 0.15) is 0 Å². The number of β-lactam (4-membered cyclic amide) rings is 1. The number of hydrogen-bond acceptors (Lipinski definition) is 6. The SMILES string of the molecule is CC(=O)Nc1cccc([As](=O)(O)O)c1O.O=C(O)C1=CN2C(=O)C[C@H]2SC1. The Balaban J connectivity index is 0.000000198. The molecule has 1 fully saturated rings. The normalized spacial score (nSPS) is 18.3. The number of carbonyl (C=O) groups is 3. The third kappa shape index (κ3) is 5.16. The topological polar surface area (TPSA) is 164 Å². The molecule has 0 spiro atoms. The summed E-state index contributed by atoms with van der Waals surface area (Å²) in [4.78, 5) is 33.6. The minimum atomic E-state index is -5.15. The Morgan fingerprint density at radius 3 is 2.52 bits per heavy atom. The summed E-state index contributed by atoms with van der Waals surface area (Å²) >= 11 is -3.64. The van der Waals surface area contributed by atoms with Crippen LogP contribution in [0.1, 0.15) is 13.3 Å². The van der Waals surface area contributed by atoms with Crippen LogP contribution in [0.4, 0.5) is 5.69 Å². The molecule has 10 nitrogen and oxygen atoms in total. The maximum Gasteiger partial charge on any atom is 0.333 e. The molecule has 5 N–H and O–H groups in total. The number of nitrogens with zero attached hydrogens (tertiary/aromatic N) is 1. The van der Waals surface area contributed by atoms with Gasteiger partial charge < -0.3 is 10.0 Å². The summed E-state index contributed by atoms with van der Waals surface area (Å²) in [5.74, 6) is -1.42. The van der Waals surface area contributed by atoms with E-state index >= 15 is 0 Å². The number of carboxylic acid groups (broad SMARTS) is 1. The number of aromatic hydroxyl groups is 1. The van der Waals surface area contributed by atoms with Crippen molar-refractivity contribution < 1.29 is 36.5 Å². The first-order chi connectivity index (χ1) is 12.5. The monoisotopic (exact) mass is 460 g/mol. The molecule has 1 saturated heterocycles. The number of phenolic OH excluding ortho intramolecular Hbond substituents is 1. The van der Waals surface area contributed by atoms with Gasteiger partial charge >= 0.3 is 94.1 Å². The first kappa shape index (κ1) is 21.1. The van der Waals surface area contributed by atoms with E-state index in [2.05, 4.69) is 5.32 Å². The molecule has 0 aromatic heterocycles. The Bertz CT molecular complexity index is 865. The number of hydrogen-bond donors (Lipinski definition) is 5. The number of fused-ring (bicyclic) bond motifs is 1. The van der Waals surface area contributed by atoms with Gasteiger partial charge in [0.15, 0.2) is 0 Å². The van der Waals surface area contributed by atoms with Crippen LogP contribution in [0.5, 0.6) is 5.75 Å². The molecule has 0 saturated carbocycles. The average molecular weight is 460 g/mol. The number of nitrogens with one attached hydrogen (secondary N) is 1. The van der Waals surface area contributed by atoms with Crippen molar-refractivity contribution in [2.75, 3.05) is 11.1 Å². The quantitative estimate of drug-likeness (QED) is 0.220. The molecule has 2 aliphatic rings. The van der Waals surface area contributed by atoms with E-state index in [9.17, 15) is 23.2 Å². The number of phenols is 1. The van der Waals surface area contributed by atoms with Crippen LogP contribution in [0.2, 0.25) is 0 Å². The second-order valence-electron chi connectivity index (χ2n) is 5.63. The van der Waals surface area contributed by atoms with E-state index in [1.165, 1.54) is 41.9 Å². The standard InChI is InChI=1S/C8H10AsNO5.C7H7NO3S/c1-5(11)10-7-4-2-3-6(8(7)12)9(13,14)15;9-5-1-6-8(5)2-4(3-12-6)7(10)11/h2-4,12H,1H3,(H,10,11)(H2,13,14,15);2,6H,1,3H2,(H,10,11)/t;6-/m.1/s1. The van der Waals surface area contributed by atoms with Crippen LogP contribution in [0.25, 0.3) is 0 Å². The average Bonchev–Trinajstić information content (AvgIpc) is 2.55. The number of amides is 2. The number of aliphatic carboxylic acids is 1. The van der Waals surface area contributed by atoms with Crippen LogP contribution < -0.4 is 9.67 Å². The zero-order valence-corrected chi connectivity index (χ0v) is 16.7. The first-order valence-corrected chi connectivity index (χ1v) is 12.0. The summed E-state index contributed by atoms with van der Waals surface area (Å²) in [7, 11) is 0. The van der Waals surface area contributed by atoms with Crippen LogP contribution >= 0.6 is 11.8 Å². The van der Waals surface area contributed by atoms with Gasteiger partial charge in [0.05, 0.1) is 17.4 Å². The van der Waals surface area contributed by atoms with Crippen LogP contribution in [0.15, 0.2) is 30.0 Å². The van der Waals surface area contributed by atoms with E-state index in [0.717, 1.165) is 6.07 Å². The summed E-state index contributed by atoms with van der Waals surface area (Å²) in [5, 5.41) is 20.6. The van der Waals surface area contributed by atoms with Gasteiger partial charge in [-0.15, -0.1) is 11.8 Å². The van der Waals surface area contributed by atoms with E-state index in [4.69, 9.17) is 13.3 Å². The van der Waals surface area contributed by atoms with Crippen molar-refractivity contribution in [1.29, 1.82) is 0 Å². The van der Waals surface area contributed by atoms with Gasteiger partial charge in [0, 0.05) is 12.0 Å². The number of para-hydroxylation sites is 1. The number of rotatable bonds is 3. The largest absolute Gasteiger partial charge is 0.478 e. The smallest absolute Gasteiger partial charge is 0.333 e. The summed E-state index contributed by atoms with van der Waals surface area (Å²) in [6.07, 6.45) is 2.00. The molecule has 2 heterocycles. The third-order valence-corrected chi connectivity index (χ3v) is 6.92. The van der Waals surface area contributed by atoms with Gasteiger partial charge in [-0.1, -0.05) is 0 Å². The molecule has 27 heavy (non-hydrogen) atoms. The van der Waals surface area contributed by atoms with Crippen molar-refractivity contribution in [2.24, 2.45) is 0 Å². The van der Waals surface area contributed by atoms with Crippen molar-refractivity contribution in [2.45, 2.75) is 18.7 Å². The van der Waals surface area contributed by atoms with E-state index < -0.39 is 36.1 Å². The molecule has 0 bridgehead atoms. The predicted molar refractivity (Wildman–Crippen MR) is 96.4 cm³/mol. The summed E-state index contributed by atoms with van der Waals surface area (Å²) in [6, 6.07) is 3.83. The number of benzene rings is 1. The van der Waals surface area contributed by atoms with Gasteiger partial charge in [-0.3, -0.25) is 4.79 Å². The molecule has 146 valence electrons. The molecular formula is C15H17AsN2O8S. The summed E-state index contributed by atoms with van der Waals surface area (Å²) in [5.41, 5.74) is 0.300. The van der Waals surface area contributed by atoms with Gasteiger partial charge in [0.25, 0.3) is 0 Å². The van der Waals surface area contributed by atoms with Crippen molar-refractivity contribution in [3.8, 4) is 5.75 Å². The Morgan fingerprint density at radius 1 is 1.33 bits per heavy atom. The Labute approximate surface area is 160 Å². The number of anilines is 1. The molecule has 0 aliphatic carbocycles. The predicted octanol–water partition coefficient (Wildman–Crippen LogP) is -0.828. The van der Waals surface area contributed by atoms with Crippen LogP contribution in [-0.4, -0.2) is 66.4 Å². The molecule has 3 rings (SSSR count). The van der Waals surface area contributed by atoms with Gasteiger partial charge in [0.2, 0.25) is 5.91 Å². The van der Waals surface area contributed by atoms with E-state index in [0.29, 0.717) is 17.7 Å². The van der Waals surface area contributed by atoms with E-state index in [1.807, 2.05) is 0 Å². The maximum atomic E-state index is 11.0.